The molecule has 0 bridgehead atoms. The quantitative estimate of drug-likeness (QED) is 0.773. The van der Waals surface area contributed by atoms with Crippen LogP contribution in [-0.4, -0.2) is 18.2 Å². The molecule has 0 saturated carbocycles. The van der Waals surface area contributed by atoms with Crippen LogP contribution in [0.3, 0.4) is 0 Å². The highest BCUT2D eigenvalue weighted by molar-refractivity contribution is 5.70. The van der Waals surface area contributed by atoms with Gasteiger partial charge in [0.05, 0.1) is 7.11 Å². The lowest BCUT2D eigenvalue weighted by Gasteiger charge is -2.08. The van der Waals surface area contributed by atoms with Crippen LogP contribution in [0, 0.1) is 25.7 Å². The monoisotopic (exact) mass is 218 g/mol. The summed E-state index contributed by atoms with van der Waals surface area (Å²) in [5.41, 5.74) is 2.82. The van der Waals surface area contributed by atoms with Crippen molar-refractivity contribution in [2.75, 3.05) is 7.11 Å². The lowest BCUT2D eigenvalue weighted by Crippen LogP contribution is -1.93. The van der Waals surface area contributed by atoms with Gasteiger partial charge in [-0.15, -0.1) is 0 Å². The number of ether oxygens (including phenoxy) is 1. The number of aryl methyl sites for hydroxylation is 2. The molecule has 0 atom stereocenters. The lowest BCUT2D eigenvalue weighted by atomic mass is 10.1. The number of carbonyl (C=O) groups is 1. The first-order chi connectivity index (χ1) is 7.54. The second-order valence-corrected chi connectivity index (χ2v) is 3.52. The fourth-order valence-electron chi connectivity index (χ4n) is 1.57. The van der Waals surface area contributed by atoms with Crippen LogP contribution in [0.1, 0.15) is 23.1 Å². The van der Waals surface area contributed by atoms with Crippen molar-refractivity contribution in [1.29, 1.82) is 0 Å². The number of benzene rings is 1. The van der Waals surface area contributed by atoms with Crippen molar-refractivity contribution < 1.29 is 14.6 Å². The van der Waals surface area contributed by atoms with Crippen LogP contribution in [-0.2, 0) is 4.79 Å². The largest absolute Gasteiger partial charge is 0.496 e. The smallest absolute Gasteiger partial charge is 0.315 e. The summed E-state index contributed by atoms with van der Waals surface area (Å²) in [5, 5.41) is 8.46. The van der Waals surface area contributed by atoms with Crippen LogP contribution < -0.4 is 4.74 Å². The minimum atomic E-state index is -0.908. The van der Waals surface area contributed by atoms with E-state index >= 15 is 0 Å². The van der Waals surface area contributed by atoms with Crippen LogP contribution in [0.15, 0.2) is 12.1 Å². The molecule has 1 N–H and O–H groups in total. The van der Waals surface area contributed by atoms with E-state index in [0.29, 0.717) is 0 Å². The van der Waals surface area contributed by atoms with E-state index in [2.05, 4.69) is 11.8 Å². The normalized spacial score (nSPS) is 9.19. The number of methoxy groups -OCH3 is 1. The Morgan fingerprint density at radius 3 is 2.38 bits per heavy atom. The molecule has 1 aromatic carbocycles. The van der Waals surface area contributed by atoms with E-state index in [4.69, 9.17) is 9.84 Å². The Balaban J connectivity index is 2.98. The van der Waals surface area contributed by atoms with Gasteiger partial charge in [0, 0.05) is 5.56 Å². The molecule has 0 spiro atoms. The Morgan fingerprint density at radius 2 is 1.94 bits per heavy atom. The summed E-state index contributed by atoms with van der Waals surface area (Å²) >= 11 is 0. The predicted molar refractivity (Wildman–Crippen MR) is 61.6 cm³/mol. The molecule has 0 fully saturated rings. The maximum atomic E-state index is 10.3. The SMILES string of the molecule is COc1c(C)cc(C#CCC(=O)O)cc1C. The molecule has 1 aromatic rings. The number of hydrogen-bond donors (Lipinski definition) is 1. The second kappa shape index (κ2) is 5.22. The number of carboxylic acid groups (broad SMARTS) is 1. The van der Waals surface area contributed by atoms with Gasteiger partial charge in [0.25, 0.3) is 0 Å². The van der Waals surface area contributed by atoms with Gasteiger partial charge in [-0.05, 0) is 37.1 Å². The molecule has 0 unspecified atom stereocenters. The van der Waals surface area contributed by atoms with Crippen molar-refractivity contribution in [3.05, 3.63) is 28.8 Å². The maximum absolute atomic E-state index is 10.3. The Labute approximate surface area is 95.1 Å². The molecule has 0 aliphatic rings. The molecule has 1 rings (SSSR count). The molecule has 3 heteroatoms. The van der Waals surface area contributed by atoms with E-state index in [-0.39, 0.29) is 6.42 Å². The topological polar surface area (TPSA) is 46.5 Å². The highest BCUT2D eigenvalue weighted by Crippen LogP contribution is 2.23. The molecule has 0 heterocycles. The van der Waals surface area contributed by atoms with Gasteiger partial charge in [-0.25, -0.2) is 0 Å². The minimum absolute atomic E-state index is 0.135. The predicted octanol–water partition coefficient (Wildman–Crippen LogP) is 2.14. The van der Waals surface area contributed by atoms with E-state index in [1.165, 1.54) is 0 Å². The second-order valence-electron chi connectivity index (χ2n) is 3.52. The molecule has 0 amide bonds. The Hall–Kier alpha value is -1.95. The number of carboxylic acids is 1. The number of aliphatic carboxylic acids is 1. The van der Waals surface area contributed by atoms with Crippen LogP contribution in [0.2, 0.25) is 0 Å². The summed E-state index contributed by atoms with van der Waals surface area (Å²) in [6.45, 7) is 3.88. The van der Waals surface area contributed by atoms with Gasteiger partial charge in [-0.1, -0.05) is 11.8 Å². The zero-order chi connectivity index (χ0) is 12.1. The molecule has 0 saturated heterocycles. The molecule has 0 aromatic heterocycles. The molecular formula is C13H14O3. The third kappa shape index (κ3) is 3.03. The van der Waals surface area contributed by atoms with Gasteiger partial charge in [-0.2, -0.15) is 0 Å². The fraction of sp³-hybridized carbons (Fsp3) is 0.308. The van der Waals surface area contributed by atoms with Crippen molar-refractivity contribution in [2.24, 2.45) is 0 Å². The van der Waals surface area contributed by atoms with Gasteiger partial charge in [-0.3, -0.25) is 4.79 Å². The average molecular weight is 218 g/mol. The summed E-state index contributed by atoms with van der Waals surface area (Å²) in [5.74, 6) is 5.37. The Bertz CT molecular complexity index is 441. The molecule has 0 aliphatic heterocycles. The van der Waals surface area contributed by atoms with Gasteiger partial charge in [0.1, 0.15) is 12.2 Å². The third-order valence-corrected chi connectivity index (χ3v) is 2.14. The first kappa shape index (κ1) is 12.1. The summed E-state index contributed by atoms with van der Waals surface area (Å²) in [7, 11) is 1.63. The average Bonchev–Trinajstić information content (AvgIpc) is 2.16. The summed E-state index contributed by atoms with van der Waals surface area (Å²) in [6.07, 6.45) is -0.135. The Kier molecular flexibility index (Phi) is 3.96. The molecule has 0 aliphatic carbocycles. The first-order valence-electron chi connectivity index (χ1n) is 4.90. The lowest BCUT2D eigenvalue weighted by molar-refractivity contribution is -0.135. The molecule has 84 valence electrons. The standard InChI is InChI=1S/C13H14O3/c1-9-7-11(5-4-6-12(14)15)8-10(2)13(9)16-3/h7-8H,6H2,1-3H3,(H,14,15). The number of rotatable bonds is 2. The first-order valence-corrected chi connectivity index (χ1v) is 4.90. The van der Waals surface area contributed by atoms with E-state index in [9.17, 15) is 4.79 Å². The summed E-state index contributed by atoms with van der Waals surface area (Å²) in [6, 6.07) is 3.78. The van der Waals surface area contributed by atoms with Gasteiger partial charge >= 0.3 is 5.97 Å². The van der Waals surface area contributed by atoms with Crippen molar-refractivity contribution in [3.8, 4) is 17.6 Å². The van der Waals surface area contributed by atoms with Crippen molar-refractivity contribution in [3.63, 3.8) is 0 Å². The van der Waals surface area contributed by atoms with Gasteiger partial charge in [0.15, 0.2) is 0 Å². The van der Waals surface area contributed by atoms with Crippen LogP contribution in [0.25, 0.3) is 0 Å². The van der Waals surface area contributed by atoms with Crippen molar-refractivity contribution in [2.45, 2.75) is 20.3 Å². The van der Waals surface area contributed by atoms with E-state index < -0.39 is 5.97 Å². The van der Waals surface area contributed by atoms with Crippen molar-refractivity contribution in [1.82, 2.24) is 0 Å². The molecule has 16 heavy (non-hydrogen) atoms. The summed E-state index contributed by atoms with van der Waals surface area (Å²) < 4.78 is 5.23. The van der Waals surface area contributed by atoms with E-state index in [1.807, 2.05) is 26.0 Å². The third-order valence-electron chi connectivity index (χ3n) is 2.14. The molecule has 3 nitrogen and oxygen atoms in total. The zero-order valence-electron chi connectivity index (χ0n) is 9.63. The minimum Gasteiger partial charge on any atom is -0.496 e. The van der Waals surface area contributed by atoms with Gasteiger partial charge < -0.3 is 9.84 Å². The number of hydrogen-bond acceptors (Lipinski definition) is 2. The van der Waals surface area contributed by atoms with Crippen LogP contribution >= 0.6 is 0 Å². The van der Waals surface area contributed by atoms with Crippen LogP contribution in [0.4, 0.5) is 0 Å². The van der Waals surface area contributed by atoms with E-state index in [1.54, 1.807) is 7.11 Å². The summed E-state index contributed by atoms with van der Waals surface area (Å²) in [4.78, 5) is 10.3. The molecule has 0 radical (unpaired) electrons. The van der Waals surface area contributed by atoms with Crippen LogP contribution in [0.5, 0.6) is 5.75 Å². The highest BCUT2D eigenvalue weighted by Gasteiger charge is 2.03. The molecular weight excluding hydrogens is 204 g/mol. The van der Waals surface area contributed by atoms with Gasteiger partial charge in [0.2, 0.25) is 0 Å². The highest BCUT2D eigenvalue weighted by atomic mass is 16.5. The van der Waals surface area contributed by atoms with Crippen molar-refractivity contribution >= 4 is 5.97 Å². The fourth-order valence-corrected chi connectivity index (χ4v) is 1.57. The van der Waals surface area contributed by atoms with E-state index in [0.717, 1.165) is 22.4 Å². The zero-order valence-corrected chi connectivity index (χ0v) is 9.63. The maximum Gasteiger partial charge on any atom is 0.315 e. The Morgan fingerprint density at radius 1 is 1.38 bits per heavy atom.